The second-order valence-electron chi connectivity index (χ2n) is 7.60. The highest BCUT2D eigenvalue weighted by molar-refractivity contribution is 5.94. The average molecular weight is 433 g/mol. The van der Waals surface area contributed by atoms with Gasteiger partial charge in [-0.1, -0.05) is 6.92 Å². The van der Waals surface area contributed by atoms with E-state index in [1.54, 1.807) is 13.3 Å². The summed E-state index contributed by atoms with van der Waals surface area (Å²) in [7, 11) is 0. The zero-order valence-corrected chi connectivity index (χ0v) is 18.4. The lowest BCUT2D eigenvalue weighted by molar-refractivity contribution is 0.101. The summed E-state index contributed by atoms with van der Waals surface area (Å²) in [4.78, 5) is 22.9. The Morgan fingerprint density at radius 1 is 1.16 bits per heavy atom. The molecule has 3 N–H and O–H groups in total. The Balaban J connectivity index is 0.000000775. The molecule has 0 bridgehead atoms. The van der Waals surface area contributed by atoms with Crippen LogP contribution < -0.4 is 16.0 Å². The number of nitrogens with one attached hydrogen (secondary N) is 1. The predicted molar refractivity (Wildman–Crippen MR) is 126 cm³/mol. The van der Waals surface area contributed by atoms with Gasteiger partial charge < -0.3 is 20.5 Å². The number of aromatic nitrogens is 5. The Labute approximate surface area is 186 Å². The summed E-state index contributed by atoms with van der Waals surface area (Å²) in [6.07, 6.45) is 7.91. The monoisotopic (exact) mass is 432 g/mol. The van der Waals surface area contributed by atoms with Crippen LogP contribution in [0.4, 0.5) is 17.6 Å². The molecule has 9 heteroatoms. The van der Waals surface area contributed by atoms with Crippen molar-refractivity contribution in [3.05, 3.63) is 60.7 Å². The van der Waals surface area contributed by atoms with Gasteiger partial charge in [0.05, 0.1) is 6.20 Å². The van der Waals surface area contributed by atoms with E-state index >= 15 is 0 Å². The van der Waals surface area contributed by atoms with Crippen molar-refractivity contribution in [3.63, 3.8) is 0 Å². The fourth-order valence-electron chi connectivity index (χ4n) is 3.58. The minimum Gasteiger partial charge on any atom is -0.340 e. The van der Waals surface area contributed by atoms with Gasteiger partial charge in [0.25, 0.3) is 0 Å². The van der Waals surface area contributed by atoms with Crippen molar-refractivity contribution >= 4 is 28.9 Å². The number of hydrogen-bond donors (Lipinski definition) is 2. The van der Waals surface area contributed by atoms with Gasteiger partial charge in [-0.05, 0) is 62.7 Å². The van der Waals surface area contributed by atoms with Gasteiger partial charge in [0.1, 0.15) is 17.7 Å². The first-order valence-electron chi connectivity index (χ1n) is 10.8. The molecule has 0 atom stereocenters. The van der Waals surface area contributed by atoms with Crippen LogP contribution in [0.25, 0.3) is 11.2 Å². The molecule has 1 saturated heterocycles. The standard InChI is InChI=1S/C21H21N7O.C2H7N/c1-15(29)16-6-8-17(9-7-16)27-13-19(22-14-27)23-20-18-5-4-12-28(18)25-21(24-20)26-10-2-3-11-26;1-2-3/h4-9,12-14H,2-3,10-11H2,1H3,(H,23,24,25);2-3H2,1H3. The first-order valence-corrected chi connectivity index (χ1v) is 10.8. The molecular formula is C23H28N8O. The molecule has 4 aromatic rings. The predicted octanol–water partition coefficient (Wildman–Crippen LogP) is 3.43. The fourth-order valence-corrected chi connectivity index (χ4v) is 3.58. The molecule has 5 rings (SSSR count). The number of benzene rings is 1. The van der Waals surface area contributed by atoms with E-state index in [4.69, 9.17) is 10.7 Å². The Morgan fingerprint density at radius 2 is 1.88 bits per heavy atom. The fraction of sp³-hybridized carbons (Fsp3) is 0.304. The molecule has 0 radical (unpaired) electrons. The van der Waals surface area contributed by atoms with Crippen LogP contribution in [0.15, 0.2) is 55.1 Å². The summed E-state index contributed by atoms with van der Waals surface area (Å²) in [5.74, 6) is 2.20. The van der Waals surface area contributed by atoms with Gasteiger partial charge in [-0.2, -0.15) is 4.98 Å². The van der Waals surface area contributed by atoms with Crippen molar-refractivity contribution in [2.45, 2.75) is 26.7 Å². The zero-order valence-electron chi connectivity index (χ0n) is 18.4. The second-order valence-corrected chi connectivity index (χ2v) is 7.60. The van der Waals surface area contributed by atoms with Crippen molar-refractivity contribution in [3.8, 4) is 5.69 Å². The van der Waals surface area contributed by atoms with Crippen LogP contribution in [0.5, 0.6) is 0 Å². The quantitative estimate of drug-likeness (QED) is 0.465. The van der Waals surface area contributed by atoms with Crippen molar-refractivity contribution < 1.29 is 4.79 Å². The summed E-state index contributed by atoms with van der Waals surface area (Å²) >= 11 is 0. The topological polar surface area (TPSA) is 106 Å². The molecule has 1 fully saturated rings. The van der Waals surface area contributed by atoms with E-state index in [0.29, 0.717) is 11.4 Å². The molecule has 0 saturated carbocycles. The number of nitrogens with two attached hydrogens (primary N) is 1. The number of anilines is 3. The van der Waals surface area contributed by atoms with Crippen LogP contribution in [0.3, 0.4) is 0 Å². The van der Waals surface area contributed by atoms with Crippen molar-refractivity contribution in [1.82, 2.24) is 24.1 Å². The Morgan fingerprint density at radius 3 is 2.56 bits per heavy atom. The first-order chi connectivity index (χ1) is 15.6. The zero-order chi connectivity index (χ0) is 22.5. The van der Waals surface area contributed by atoms with Crippen LogP contribution in [0.2, 0.25) is 0 Å². The number of ketones is 1. The third-order valence-corrected chi connectivity index (χ3v) is 5.17. The van der Waals surface area contributed by atoms with Crippen LogP contribution in [-0.2, 0) is 0 Å². The lowest BCUT2D eigenvalue weighted by Gasteiger charge is -2.16. The first kappa shape index (κ1) is 21.5. The molecule has 0 spiro atoms. The highest BCUT2D eigenvalue weighted by Gasteiger charge is 2.18. The molecule has 1 aromatic carbocycles. The van der Waals surface area contributed by atoms with E-state index in [9.17, 15) is 4.79 Å². The number of carbonyl (C=O) groups is 1. The van der Waals surface area contributed by atoms with Gasteiger partial charge in [-0.3, -0.25) is 4.79 Å². The summed E-state index contributed by atoms with van der Waals surface area (Å²) in [6, 6.07) is 11.4. The maximum Gasteiger partial charge on any atom is 0.245 e. The molecule has 1 aliphatic rings. The Bertz CT molecular complexity index is 1190. The number of imidazole rings is 1. The van der Waals surface area contributed by atoms with E-state index in [2.05, 4.69) is 20.3 Å². The maximum absolute atomic E-state index is 11.5. The molecule has 166 valence electrons. The highest BCUT2D eigenvalue weighted by Crippen LogP contribution is 2.24. The van der Waals surface area contributed by atoms with Gasteiger partial charge in [0.2, 0.25) is 5.95 Å². The van der Waals surface area contributed by atoms with Gasteiger partial charge in [0, 0.05) is 30.5 Å². The minimum absolute atomic E-state index is 0.0540. The Hall–Kier alpha value is -3.72. The van der Waals surface area contributed by atoms with E-state index in [0.717, 1.165) is 42.6 Å². The summed E-state index contributed by atoms with van der Waals surface area (Å²) in [5, 5.41) is 7.97. The van der Waals surface area contributed by atoms with Crippen LogP contribution in [-0.4, -0.2) is 49.6 Å². The van der Waals surface area contributed by atoms with Crippen molar-refractivity contribution in [2.75, 3.05) is 29.9 Å². The number of rotatable bonds is 5. The molecule has 1 aliphatic heterocycles. The van der Waals surface area contributed by atoms with Crippen LogP contribution in [0, 0.1) is 0 Å². The van der Waals surface area contributed by atoms with Gasteiger partial charge in [-0.15, -0.1) is 5.10 Å². The molecule has 32 heavy (non-hydrogen) atoms. The number of hydrogen-bond acceptors (Lipinski definition) is 7. The second kappa shape index (κ2) is 9.61. The molecule has 0 amide bonds. The largest absolute Gasteiger partial charge is 0.340 e. The third kappa shape index (κ3) is 4.62. The summed E-state index contributed by atoms with van der Waals surface area (Å²) < 4.78 is 3.75. The van der Waals surface area contributed by atoms with E-state index < -0.39 is 0 Å². The van der Waals surface area contributed by atoms with Crippen LogP contribution in [0.1, 0.15) is 37.0 Å². The number of carbonyl (C=O) groups excluding carboxylic acids is 1. The summed E-state index contributed by atoms with van der Waals surface area (Å²) in [5.41, 5.74) is 7.37. The smallest absolute Gasteiger partial charge is 0.245 e. The third-order valence-electron chi connectivity index (χ3n) is 5.17. The van der Waals surface area contributed by atoms with Crippen LogP contribution >= 0.6 is 0 Å². The average Bonchev–Trinajstić information content (AvgIpc) is 3.55. The SMILES string of the molecule is CC(=O)c1ccc(-n2cnc(Nc3nc(N4CCCC4)nn4cccc34)c2)cc1.CCN. The van der Waals surface area contributed by atoms with E-state index in [-0.39, 0.29) is 5.78 Å². The van der Waals surface area contributed by atoms with Crippen molar-refractivity contribution in [1.29, 1.82) is 0 Å². The number of nitrogens with zero attached hydrogens (tertiary/aromatic N) is 6. The lowest BCUT2D eigenvalue weighted by Crippen LogP contribution is -2.22. The molecule has 3 aromatic heterocycles. The van der Waals surface area contributed by atoms with Gasteiger partial charge in [0.15, 0.2) is 11.6 Å². The molecule has 9 nitrogen and oxygen atoms in total. The molecule has 4 heterocycles. The summed E-state index contributed by atoms with van der Waals surface area (Å²) in [6.45, 7) is 6.18. The van der Waals surface area contributed by atoms with Gasteiger partial charge in [-0.25, -0.2) is 9.50 Å². The normalized spacial score (nSPS) is 13.2. The number of fused-ring (bicyclic) bond motifs is 1. The molecular weight excluding hydrogens is 404 g/mol. The Kier molecular flexibility index (Phi) is 6.46. The lowest BCUT2D eigenvalue weighted by atomic mass is 10.1. The van der Waals surface area contributed by atoms with E-state index in [1.165, 1.54) is 12.8 Å². The molecule has 0 unspecified atom stereocenters. The highest BCUT2D eigenvalue weighted by atomic mass is 16.1. The number of Topliss-reactive ketones (excluding diaryl/α,β-unsaturated/α-hetero) is 1. The van der Waals surface area contributed by atoms with E-state index in [1.807, 2.05) is 64.8 Å². The maximum atomic E-state index is 11.5. The molecule has 0 aliphatic carbocycles. The minimum atomic E-state index is 0.0540. The van der Waals surface area contributed by atoms with Gasteiger partial charge >= 0.3 is 0 Å². The van der Waals surface area contributed by atoms with Crippen molar-refractivity contribution in [2.24, 2.45) is 5.73 Å².